The monoisotopic (exact) mass is 228 g/mol. The molecule has 0 aliphatic rings. The number of hydrogen-bond acceptors (Lipinski definition) is 3. The molecule has 3 heteroatoms. The fourth-order valence-corrected chi connectivity index (χ4v) is 1.84. The number of ketones is 1. The zero-order chi connectivity index (χ0) is 12.1. The third-order valence-corrected chi connectivity index (χ3v) is 2.71. The topological polar surface area (TPSA) is 42.0 Å². The predicted molar refractivity (Wildman–Crippen MR) is 69.2 cm³/mol. The Bertz CT molecular complexity index is 517. The number of para-hydroxylation sites is 1. The molecule has 1 aromatic carbocycles. The Kier molecular flexibility index (Phi) is 3.83. The van der Waals surface area contributed by atoms with E-state index in [2.05, 4.69) is 10.3 Å². The third-order valence-electron chi connectivity index (χ3n) is 2.71. The van der Waals surface area contributed by atoms with Crippen molar-refractivity contribution in [1.29, 1.82) is 0 Å². The van der Waals surface area contributed by atoms with Crippen LogP contribution >= 0.6 is 0 Å². The maximum absolute atomic E-state index is 12.1. The van der Waals surface area contributed by atoms with E-state index in [-0.39, 0.29) is 5.78 Å². The average Bonchev–Trinajstić information content (AvgIpc) is 2.38. The number of carbonyl (C=O) groups excluding carboxylic acids is 1. The normalized spacial score (nSPS) is 10.6. The van der Waals surface area contributed by atoms with Crippen LogP contribution in [0.5, 0.6) is 0 Å². The highest BCUT2D eigenvalue weighted by Crippen LogP contribution is 2.17. The van der Waals surface area contributed by atoms with Crippen molar-refractivity contribution in [2.75, 3.05) is 13.1 Å². The summed E-state index contributed by atoms with van der Waals surface area (Å²) in [6.07, 6.45) is 2.24. The number of fused-ring (bicyclic) bond motifs is 1. The summed E-state index contributed by atoms with van der Waals surface area (Å²) < 4.78 is 0. The van der Waals surface area contributed by atoms with Crippen molar-refractivity contribution < 1.29 is 4.79 Å². The summed E-state index contributed by atoms with van der Waals surface area (Å²) in [6.45, 7) is 3.64. The lowest BCUT2D eigenvalue weighted by molar-refractivity contribution is 0.0984. The van der Waals surface area contributed by atoms with Gasteiger partial charge in [-0.05, 0) is 18.7 Å². The van der Waals surface area contributed by atoms with Gasteiger partial charge in [0, 0.05) is 30.1 Å². The molecule has 0 fully saturated rings. The first-order chi connectivity index (χ1) is 8.33. The standard InChI is InChI=1S/C14H16N2O/c1-2-15-10-8-13(17)12-7-3-5-11-6-4-9-16-14(11)12/h3-7,9,15H,2,8,10H2,1H3. The number of Topliss-reactive ketones (excluding diaryl/α,β-unsaturated/α-hetero) is 1. The number of benzene rings is 1. The van der Waals surface area contributed by atoms with E-state index in [4.69, 9.17) is 0 Å². The van der Waals surface area contributed by atoms with Crippen LogP contribution in [0, 0.1) is 0 Å². The molecule has 0 atom stereocenters. The van der Waals surface area contributed by atoms with E-state index in [1.165, 1.54) is 0 Å². The van der Waals surface area contributed by atoms with E-state index in [1.807, 2.05) is 37.3 Å². The zero-order valence-corrected chi connectivity index (χ0v) is 9.94. The highest BCUT2D eigenvalue weighted by atomic mass is 16.1. The van der Waals surface area contributed by atoms with E-state index in [0.29, 0.717) is 6.42 Å². The molecular formula is C14H16N2O. The SMILES string of the molecule is CCNCCC(=O)c1cccc2cccnc12. The van der Waals surface area contributed by atoms with Gasteiger partial charge in [-0.3, -0.25) is 9.78 Å². The van der Waals surface area contributed by atoms with Crippen LogP contribution < -0.4 is 5.32 Å². The van der Waals surface area contributed by atoms with E-state index in [1.54, 1.807) is 6.20 Å². The van der Waals surface area contributed by atoms with Gasteiger partial charge in [-0.1, -0.05) is 25.1 Å². The van der Waals surface area contributed by atoms with Crippen LogP contribution in [0.1, 0.15) is 23.7 Å². The minimum Gasteiger partial charge on any atom is -0.317 e. The molecule has 88 valence electrons. The third kappa shape index (κ3) is 2.68. The average molecular weight is 228 g/mol. The molecule has 0 bridgehead atoms. The summed E-state index contributed by atoms with van der Waals surface area (Å²) in [5.74, 6) is 0.148. The molecule has 1 N–H and O–H groups in total. The lowest BCUT2D eigenvalue weighted by Crippen LogP contribution is -2.17. The first-order valence-corrected chi connectivity index (χ1v) is 5.90. The number of hydrogen-bond donors (Lipinski definition) is 1. The second-order valence-electron chi connectivity index (χ2n) is 3.91. The van der Waals surface area contributed by atoms with E-state index in [0.717, 1.165) is 29.6 Å². The Hall–Kier alpha value is -1.74. The van der Waals surface area contributed by atoms with Gasteiger partial charge < -0.3 is 5.32 Å². The number of nitrogens with zero attached hydrogens (tertiary/aromatic N) is 1. The van der Waals surface area contributed by atoms with Gasteiger partial charge in [0.15, 0.2) is 5.78 Å². The van der Waals surface area contributed by atoms with Crippen molar-refractivity contribution in [1.82, 2.24) is 10.3 Å². The molecule has 0 aliphatic heterocycles. The Labute approximate surface area is 101 Å². The van der Waals surface area contributed by atoms with E-state index >= 15 is 0 Å². The number of aromatic nitrogens is 1. The smallest absolute Gasteiger partial charge is 0.166 e. The Morgan fingerprint density at radius 1 is 1.29 bits per heavy atom. The summed E-state index contributed by atoms with van der Waals surface area (Å²) in [7, 11) is 0. The van der Waals surface area contributed by atoms with Gasteiger partial charge in [-0.2, -0.15) is 0 Å². The summed E-state index contributed by atoms with van der Waals surface area (Å²) in [4.78, 5) is 16.3. The molecule has 2 rings (SSSR count). The molecule has 0 spiro atoms. The van der Waals surface area contributed by atoms with Crippen molar-refractivity contribution in [3.8, 4) is 0 Å². The number of rotatable bonds is 5. The second kappa shape index (κ2) is 5.55. The fraction of sp³-hybridized carbons (Fsp3) is 0.286. The van der Waals surface area contributed by atoms with E-state index < -0.39 is 0 Å². The molecule has 0 amide bonds. The summed E-state index contributed by atoms with van der Waals surface area (Å²) in [6, 6.07) is 9.59. The minimum absolute atomic E-state index is 0.148. The van der Waals surface area contributed by atoms with Crippen LogP contribution in [0.3, 0.4) is 0 Å². The second-order valence-corrected chi connectivity index (χ2v) is 3.91. The van der Waals surface area contributed by atoms with Crippen LogP contribution in [0.4, 0.5) is 0 Å². The lowest BCUT2D eigenvalue weighted by atomic mass is 10.0. The molecule has 3 nitrogen and oxygen atoms in total. The maximum Gasteiger partial charge on any atom is 0.166 e. The zero-order valence-electron chi connectivity index (χ0n) is 9.94. The summed E-state index contributed by atoms with van der Waals surface area (Å²) in [5, 5.41) is 4.17. The van der Waals surface area contributed by atoms with Gasteiger partial charge >= 0.3 is 0 Å². The molecular weight excluding hydrogens is 212 g/mol. The molecule has 0 saturated carbocycles. The first kappa shape index (κ1) is 11.7. The van der Waals surface area contributed by atoms with Crippen LogP contribution in [-0.2, 0) is 0 Å². The molecule has 0 radical (unpaired) electrons. The van der Waals surface area contributed by atoms with Crippen LogP contribution in [0.2, 0.25) is 0 Å². The first-order valence-electron chi connectivity index (χ1n) is 5.90. The Morgan fingerprint density at radius 2 is 2.12 bits per heavy atom. The Balaban J connectivity index is 2.26. The van der Waals surface area contributed by atoms with Crippen LogP contribution in [0.25, 0.3) is 10.9 Å². The van der Waals surface area contributed by atoms with Gasteiger partial charge in [0.2, 0.25) is 0 Å². The molecule has 1 heterocycles. The van der Waals surface area contributed by atoms with Gasteiger partial charge in [0.1, 0.15) is 0 Å². The number of carbonyl (C=O) groups is 1. The molecule has 17 heavy (non-hydrogen) atoms. The largest absolute Gasteiger partial charge is 0.317 e. The van der Waals surface area contributed by atoms with Crippen molar-refractivity contribution in [3.63, 3.8) is 0 Å². The molecule has 0 aliphatic carbocycles. The van der Waals surface area contributed by atoms with E-state index in [9.17, 15) is 4.79 Å². The highest BCUT2D eigenvalue weighted by Gasteiger charge is 2.09. The fourth-order valence-electron chi connectivity index (χ4n) is 1.84. The lowest BCUT2D eigenvalue weighted by Gasteiger charge is -2.05. The molecule has 0 saturated heterocycles. The van der Waals surface area contributed by atoms with Gasteiger partial charge in [-0.25, -0.2) is 0 Å². The molecule has 2 aromatic rings. The van der Waals surface area contributed by atoms with Gasteiger partial charge in [-0.15, -0.1) is 0 Å². The number of nitrogens with one attached hydrogen (secondary N) is 1. The van der Waals surface area contributed by atoms with Crippen LogP contribution in [0.15, 0.2) is 36.5 Å². The molecule has 1 aromatic heterocycles. The highest BCUT2D eigenvalue weighted by molar-refractivity contribution is 6.06. The molecule has 0 unspecified atom stereocenters. The Morgan fingerprint density at radius 3 is 2.94 bits per heavy atom. The van der Waals surface area contributed by atoms with Crippen molar-refractivity contribution in [2.45, 2.75) is 13.3 Å². The minimum atomic E-state index is 0.148. The summed E-state index contributed by atoms with van der Waals surface area (Å²) >= 11 is 0. The van der Waals surface area contributed by atoms with Crippen molar-refractivity contribution >= 4 is 16.7 Å². The summed E-state index contributed by atoms with van der Waals surface area (Å²) in [5.41, 5.74) is 1.53. The maximum atomic E-state index is 12.1. The number of pyridine rings is 1. The van der Waals surface area contributed by atoms with Crippen molar-refractivity contribution in [2.24, 2.45) is 0 Å². The van der Waals surface area contributed by atoms with Crippen LogP contribution in [-0.4, -0.2) is 23.9 Å². The predicted octanol–water partition coefficient (Wildman–Crippen LogP) is 2.42. The van der Waals surface area contributed by atoms with Gasteiger partial charge in [0.25, 0.3) is 0 Å². The van der Waals surface area contributed by atoms with Crippen molar-refractivity contribution in [3.05, 3.63) is 42.1 Å². The van der Waals surface area contributed by atoms with Gasteiger partial charge in [0.05, 0.1) is 5.52 Å². The quantitative estimate of drug-likeness (QED) is 0.631.